The van der Waals surface area contributed by atoms with Gasteiger partial charge in [-0.15, -0.1) is 0 Å². The third kappa shape index (κ3) is 3.80. The zero-order valence-corrected chi connectivity index (χ0v) is 13.9. The Morgan fingerprint density at radius 1 is 1.35 bits per heavy atom. The van der Waals surface area contributed by atoms with E-state index in [0.29, 0.717) is 18.9 Å². The Kier molecular flexibility index (Phi) is 4.79. The molecule has 1 N–H and O–H groups in total. The highest BCUT2D eigenvalue weighted by Crippen LogP contribution is 2.27. The Labute approximate surface area is 136 Å². The summed E-state index contributed by atoms with van der Waals surface area (Å²) in [5.41, 5.74) is 1.89. The minimum absolute atomic E-state index is 0.111. The molecule has 0 amide bonds. The van der Waals surface area contributed by atoms with E-state index in [0.717, 1.165) is 19.5 Å². The lowest BCUT2D eigenvalue weighted by molar-refractivity contribution is -0.0104. The quantitative estimate of drug-likeness (QED) is 0.895. The number of morpholine rings is 1. The molecule has 7 heteroatoms. The molecule has 3 rings (SSSR count). The Balaban J connectivity index is 1.78. The maximum Gasteiger partial charge on any atom is 0.178 e. The van der Waals surface area contributed by atoms with Crippen molar-refractivity contribution in [3.8, 4) is 0 Å². The summed E-state index contributed by atoms with van der Waals surface area (Å²) in [5.74, 6) is 0. The molecular formula is C16H21N3O3S. The zero-order valence-electron chi connectivity index (χ0n) is 13.1. The number of nitrogens with one attached hydrogen (secondary N) is 1. The standard InChI is InChI=1S/C16H21N3O3S/c1-23(20,21)15-11-17-18-16(15)14-12-22-10-9-19(14)8-7-13-5-3-2-4-6-13/h2-6,11,14H,7-10,12H2,1H3,(H,17,18)/t14-/m0/s1. The van der Waals surface area contributed by atoms with Gasteiger partial charge >= 0.3 is 0 Å². The van der Waals surface area contributed by atoms with Gasteiger partial charge in [-0.1, -0.05) is 30.3 Å². The molecule has 1 aromatic carbocycles. The topological polar surface area (TPSA) is 75.3 Å². The first kappa shape index (κ1) is 16.2. The lowest BCUT2D eigenvalue weighted by Crippen LogP contribution is -2.41. The molecule has 1 saturated heterocycles. The van der Waals surface area contributed by atoms with Gasteiger partial charge in [-0.05, 0) is 12.0 Å². The van der Waals surface area contributed by atoms with Gasteiger partial charge in [0.15, 0.2) is 9.84 Å². The minimum atomic E-state index is -3.31. The van der Waals surface area contributed by atoms with Crippen LogP contribution in [0.2, 0.25) is 0 Å². The molecular weight excluding hydrogens is 314 g/mol. The second-order valence-electron chi connectivity index (χ2n) is 5.78. The predicted molar refractivity (Wildman–Crippen MR) is 87.0 cm³/mol. The summed E-state index contributed by atoms with van der Waals surface area (Å²) in [6.07, 6.45) is 3.51. The molecule has 124 valence electrons. The highest BCUT2D eigenvalue weighted by atomic mass is 32.2. The lowest BCUT2D eigenvalue weighted by Gasteiger charge is -2.35. The molecule has 2 heterocycles. The molecule has 0 bridgehead atoms. The third-order valence-corrected chi connectivity index (χ3v) is 5.26. The molecule has 0 unspecified atom stereocenters. The van der Waals surface area contributed by atoms with Gasteiger partial charge in [0.2, 0.25) is 0 Å². The van der Waals surface area contributed by atoms with Crippen LogP contribution in [0.4, 0.5) is 0 Å². The number of H-pyrrole nitrogens is 1. The summed E-state index contributed by atoms with van der Waals surface area (Å²) in [4.78, 5) is 2.52. The van der Waals surface area contributed by atoms with Gasteiger partial charge in [-0.25, -0.2) is 8.42 Å². The van der Waals surface area contributed by atoms with E-state index in [-0.39, 0.29) is 10.9 Å². The molecule has 0 aliphatic carbocycles. The van der Waals surface area contributed by atoms with Gasteiger partial charge in [0.25, 0.3) is 0 Å². The highest BCUT2D eigenvalue weighted by Gasteiger charge is 2.30. The van der Waals surface area contributed by atoms with Crippen molar-refractivity contribution in [1.29, 1.82) is 0 Å². The number of rotatable bonds is 5. The van der Waals surface area contributed by atoms with Crippen molar-refractivity contribution in [2.24, 2.45) is 0 Å². The van der Waals surface area contributed by atoms with Crippen molar-refractivity contribution in [3.05, 3.63) is 47.8 Å². The van der Waals surface area contributed by atoms with Crippen molar-refractivity contribution in [3.63, 3.8) is 0 Å². The van der Waals surface area contributed by atoms with Crippen molar-refractivity contribution in [1.82, 2.24) is 15.1 Å². The van der Waals surface area contributed by atoms with Crippen LogP contribution in [0, 0.1) is 0 Å². The van der Waals surface area contributed by atoms with Crippen LogP contribution in [0.1, 0.15) is 17.3 Å². The van der Waals surface area contributed by atoms with Gasteiger partial charge in [0.05, 0.1) is 31.1 Å². The van der Waals surface area contributed by atoms with Crippen molar-refractivity contribution in [2.45, 2.75) is 17.4 Å². The summed E-state index contributed by atoms with van der Waals surface area (Å²) < 4.78 is 29.4. The summed E-state index contributed by atoms with van der Waals surface area (Å²) in [6, 6.07) is 10.2. The van der Waals surface area contributed by atoms with E-state index in [1.165, 1.54) is 18.0 Å². The van der Waals surface area contributed by atoms with Crippen LogP contribution in [0.25, 0.3) is 0 Å². The lowest BCUT2D eigenvalue weighted by atomic mass is 10.1. The van der Waals surface area contributed by atoms with Crippen LogP contribution < -0.4 is 0 Å². The van der Waals surface area contributed by atoms with Crippen molar-refractivity contribution >= 4 is 9.84 Å². The molecule has 23 heavy (non-hydrogen) atoms. The number of ether oxygens (including phenoxy) is 1. The fraction of sp³-hybridized carbons (Fsp3) is 0.438. The summed E-state index contributed by atoms with van der Waals surface area (Å²) in [7, 11) is -3.31. The van der Waals surface area contributed by atoms with E-state index < -0.39 is 9.84 Å². The van der Waals surface area contributed by atoms with Gasteiger partial charge in [-0.2, -0.15) is 5.10 Å². The maximum absolute atomic E-state index is 11.9. The number of hydrogen-bond donors (Lipinski definition) is 1. The first-order valence-electron chi connectivity index (χ1n) is 7.65. The molecule has 0 spiro atoms. The van der Waals surface area contributed by atoms with E-state index in [1.807, 2.05) is 18.2 Å². The van der Waals surface area contributed by atoms with Crippen molar-refractivity contribution < 1.29 is 13.2 Å². The summed E-state index contributed by atoms with van der Waals surface area (Å²) >= 11 is 0. The van der Waals surface area contributed by atoms with E-state index in [2.05, 4.69) is 27.2 Å². The molecule has 1 aliphatic rings. The molecule has 0 saturated carbocycles. The maximum atomic E-state index is 11.9. The van der Waals surface area contributed by atoms with Crippen LogP contribution in [0.5, 0.6) is 0 Å². The Morgan fingerprint density at radius 2 is 2.13 bits per heavy atom. The SMILES string of the molecule is CS(=O)(=O)c1cn[nH]c1[C@@H]1COCCN1CCc1ccccc1. The molecule has 6 nitrogen and oxygen atoms in total. The molecule has 0 radical (unpaired) electrons. The van der Waals surface area contributed by atoms with Crippen LogP contribution >= 0.6 is 0 Å². The third-order valence-electron chi connectivity index (χ3n) is 4.13. The normalized spacial score (nSPS) is 19.8. The molecule has 1 aliphatic heterocycles. The number of nitrogens with zero attached hydrogens (tertiary/aromatic N) is 2. The van der Waals surface area contributed by atoms with Gasteiger partial charge in [0.1, 0.15) is 4.90 Å². The van der Waals surface area contributed by atoms with Crippen LogP contribution in [0.15, 0.2) is 41.4 Å². The van der Waals surface area contributed by atoms with Crippen LogP contribution in [-0.4, -0.2) is 56.1 Å². The smallest absolute Gasteiger partial charge is 0.178 e. The van der Waals surface area contributed by atoms with E-state index in [9.17, 15) is 8.42 Å². The largest absolute Gasteiger partial charge is 0.378 e. The van der Waals surface area contributed by atoms with Gasteiger partial charge in [-0.3, -0.25) is 10.00 Å². The first-order chi connectivity index (χ1) is 11.1. The molecule has 1 fully saturated rings. The van der Waals surface area contributed by atoms with Gasteiger partial charge in [0, 0.05) is 19.3 Å². The van der Waals surface area contributed by atoms with Crippen LogP contribution in [0.3, 0.4) is 0 Å². The Bertz CT molecular complexity index is 743. The average molecular weight is 335 g/mol. The van der Waals surface area contributed by atoms with Gasteiger partial charge < -0.3 is 4.74 Å². The first-order valence-corrected chi connectivity index (χ1v) is 9.54. The second kappa shape index (κ2) is 6.82. The number of aromatic amines is 1. The van der Waals surface area contributed by atoms with Crippen molar-refractivity contribution in [2.75, 3.05) is 32.6 Å². The summed E-state index contributed by atoms with van der Waals surface area (Å²) in [5, 5.41) is 6.79. The minimum Gasteiger partial charge on any atom is -0.378 e. The average Bonchev–Trinajstić information content (AvgIpc) is 3.04. The second-order valence-corrected chi connectivity index (χ2v) is 7.77. The van der Waals surface area contributed by atoms with E-state index in [4.69, 9.17) is 4.74 Å². The summed E-state index contributed by atoms with van der Waals surface area (Å²) in [6.45, 7) is 2.76. The highest BCUT2D eigenvalue weighted by molar-refractivity contribution is 7.90. The van der Waals surface area contributed by atoms with Crippen LogP contribution in [-0.2, 0) is 21.0 Å². The zero-order chi connectivity index (χ0) is 16.3. The number of sulfone groups is 1. The predicted octanol–water partition coefficient (Wildman–Crippen LogP) is 1.43. The fourth-order valence-corrected chi connectivity index (χ4v) is 3.73. The molecule has 1 atom stereocenters. The monoisotopic (exact) mass is 335 g/mol. The number of aromatic nitrogens is 2. The number of benzene rings is 1. The van der Waals surface area contributed by atoms with E-state index in [1.54, 1.807) is 0 Å². The molecule has 2 aromatic rings. The van der Waals surface area contributed by atoms with E-state index >= 15 is 0 Å². The molecule has 1 aromatic heterocycles. The Morgan fingerprint density at radius 3 is 2.87 bits per heavy atom. The number of hydrogen-bond acceptors (Lipinski definition) is 5. The Hall–Kier alpha value is -1.70. The fourth-order valence-electron chi connectivity index (χ4n) is 2.91.